The number of rotatable bonds is 4. The van der Waals surface area contributed by atoms with Crippen molar-refractivity contribution in [2.24, 2.45) is 5.92 Å². The maximum absolute atomic E-state index is 12.8. The van der Waals surface area contributed by atoms with E-state index >= 15 is 0 Å². The molecule has 0 saturated carbocycles. The summed E-state index contributed by atoms with van der Waals surface area (Å²) in [5.41, 5.74) is 0. The van der Waals surface area contributed by atoms with Crippen molar-refractivity contribution < 1.29 is 13.2 Å². The molecule has 1 amide bonds. The van der Waals surface area contributed by atoms with E-state index in [2.05, 4.69) is 6.92 Å². The van der Waals surface area contributed by atoms with Gasteiger partial charge in [-0.1, -0.05) is 37.3 Å². The summed E-state index contributed by atoms with van der Waals surface area (Å²) in [6.45, 7) is 3.42. The molecule has 25 heavy (non-hydrogen) atoms. The number of carbonyl (C=O) groups excluding carboxylic acids is 1. The van der Waals surface area contributed by atoms with E-state index in [0.29, 0.717) is 19.0 Å². The molecular formula is C19H24N2O3S. The zero-order valence-electron chi connectivity index (χ0n) is 14.7. The molecule has 1 aliphatic heterocycles. The van der Waals surface area contributed by atoms with Gasteiger partial charge in [-0.25, -0.2) is 8.42 Å². The molecule has 1 saturated heterocycles. The van der Waals surface area contributed by atoms with Crippen LogP contribution in [0.15, 0.2) is 47.4 Å². The van der Waals surface area contributed by atoms with Crippen LogP contribution in [0.1, 0.15) is 19.8 Å². The summed E-state index contributed by atoms with van der Waals surface area (Å²) in [7, 11) is -2.22. The molecule has 5 nitrogen and oxygen atoms in total. The van der Waals surface area contributed by atoms with Crippen LogP contribution in [0.25, 0.3) is 10.8 Å². The first-order valence-electron chi connectivity index (χ1n) is 8.61. The highest BCUT2D eigenvalue weighted by atomic mass is 32.2. The van der Waals surface area contributed by atoms with Crippen LogP contribution in [-0.4, -0.2) is 50.2 Å². The fourth-order valence-electron chi connectivity index (χ4n) is 3.30. The molecule has 0 aromatic heterocycles. The number of likely N-dealkylation sites (N-methyl/N-ethyl adjacent to an activating group) is 1. The smallest absolute Gasteiger partial charge is 0.243 e. The number of benzene rings is 2. The molecule has 0 unspecified atom stereocenters. The van der Waals surface area contributed by atoms with Crippen LogP contribution < -0.4 is 0 Å². The number of amides is 1. The Labute approximate surface area is 149 Å². The van der Waals surface area contributed by atoms with Crippen molar-refractivity contribution in [1.29, 1.82) is 0 Å². The van der Waals surface area contributed by atoms with Gasteiger partial charge in [-0.2, -0.15) is 4.31 Å². The molecule has 1 aliphatic rings. The highest BCUT2D eigenvalue weighted by molar-refractivity contribution is 7.89. The van der Waals surface area contributed by atoms with Crippen LogP contribution in [0, 0.1) is 5.92 Å². The standard InChI is InChI=1S/C19H24N2O3S/c1-15-6-5-11-21(13-15)19(22)14-20(2)25(23,24)18-10-9-16-7-3-4-8-17(16)12-18/h3-4,7-10,12,15H,5-6,11,13-14H2,1-2H3/t15-/m1/s1. The second-order valence-corrected chi connectivity index (χ2v) is 8.90. The van der Waals surface area contributed by atoms with E-state index in [0.717, 1.165) is 27.9 Å². The number of fused-ring (bicyclic) bond motifs is 1. The van der Waals surface area contributed by atoms with Crippen molar-refractivity contribution in [3.63, 3.8) is 0 Å². The van der Waals surface area contributed by atoms with E-state index in [1.54, 1.807) is 23.1 Å². The molecule has 134 valence electrons. The first-order valence-corrected chi connectivity index (χ1v) is 10.0. The first-order chi connectivity index (χ1) is 11.9. The van der Waals surface area contributed by atoms with Gasteiger partial charge in [0.15, 0.2) is 0 Å². The molecule has 1 heterocycles. The lowest BCUT2D eigenvalue weighted by molar-refractivity contribution is -0.132. The van der Waals surface area contributed by atoms with Gasteiger partial charge in [0, 0.05) is 20.1 Å². The summed E-state index contributed by atoms with van der Waals surface area (Å²) in [5, 5.41) is 1.86. The van der Waals surface area contributed by atoms with Gasteiger partial charge in [-0.3, -0.25) is 4.79 Å². The third kappa shape index (κ3) is 3.85. The van der Waals surface area contributed by atoms with Gasteiger partial charge in [-0.05, 0) is 41.7 Å². The molecular weight excluding hydrogens is 336 g/mol. The molecule has 0 spiro atoms. The average Bonchev–Trinajstić information content (AvgIpc) is 2.61. The zero-order chi connectivity index (χ0) is 18.0. The Morgan fingerprint density at radius 2 is 1.92 bits per heavy atom. The number of sulfonamides is 1. The summed E-state index contributed by atoms with van der Waals surface area (Å²) in [6, 6.07) is 12.7. The molecule has 3 rings (SSSR count). The minimum absolute atomic E-state index is 0.123. The molecule has 0 N–H and O–H groups in total. The monoisotopic (exact) mass is 360 g/mol. The third-order valence-electron chi connectivity index (χ3n) is 4.80. The minimum atomic E-state index is -3.69. The lowest BCUT2D eigenvalue weighted by atomic mass is 10.0. The molecule has 0 aliphatic carbocycles. The second kappa shape index (κ2) is 7.14. The number of nitrogens with zero attached hydrogens (tertiary/aromatic N) is 2. The Balaban J connectivity index is 1.77. The van der Waals surface area contributed by atoms with Gasteiger partial charge >= 0.3 is 0 Å². The second-order valence-electron chi connectivity index (χ2n) is 6.86. The van der Waals surface area contributed by atoms with Crippen molar-refractivity contribution in [2.75, 3.05) is 26.7 Å². The van der Waals surface area contributed by atoms with Gasteiger partial charge in [0.05, 0.1) is 11.4 Å². The Morgan fingerprint density at radius 1 is 1.20 bits per heavy atom. The molecule has 1 atom stereocenters. The van der Waals surface area contributed by atoms with E-state index < -0.39 is 10.0 Å². The molecule has 0 bridgehead atoms. The highest BCUT2D eigenvalue weighted by Crippen LogP contribution is 2.22. The summed E-state index contributed by atoms with van der Waals surface area (Å²) in [6.07, 6.45) is 2.10. The largest absolute Gasteiger partial charge is 0.341 e. The minimum Gasteiger partial charge on any atom is -0.341 e. The fraction of sp³-hybridized carbons (Fsp3) is 0.421. The van der Waals surface area contributed by atoms with Crippen LogP contribution >= 0.6 is 0 Å². The summed E-state index contributed by atoms with van der Waals surface area (Å²) >= 11 is 0. The van der Waals surface area contributed by atoms with E-state index in [4.69, 9.17) is 0 Å². The first kappa shape index (κ1) is 17.9. The van der Waals surface area contributed by atoms with Crippen LogP contribution in [0.4, 0.5) is 0 Å². The van der Waals surface area contributed by atoms with Crippen molar-refractivity contribution in [2.45, 2.75) is 24.7 Å². The van der Waals surface area contributed by atoms with Gasteiger partial charge in [0.2, 0.25) is 15.9 Å². The van der Waals surface area contributed by atoms with Crippen LogP contribution in [0.2, 0.25) is 0 Å². The SMILES string of the molecule is C[C@@H]1CCCN(C(=O)CN(C)S(=O)(=O)c2ccc3ccccc3c2)C1. The fourth-order valence-corrected chi connectivity index (χ4v) is 4.46. The predicted octanol–water partition coefficient (Wildman–Crippen LogP) is 2.72. The maximum atomic E-state index is 12.8. The van der Waals surface area contributed by atoms with E-state index in [9.17, 15) is 13.2 Å². The average molecular weight is 360 g/mol. The maximum Gasteiger partial charge on any atom is 0.243 e. The highest BCUT2D eigenvalue weighted by Gasteiger charge is 2.27. The van der Waals surface area contributed by atoms with Crippen molar-refractivity contribution >= 4 is 26.7 Å². The summed E-state index contributed by atoms with van der Waals surface area (Å²) < 4.78 is 26.8. The number of likely N-dealkylation sites (tertiary alicyclic amines) is 1. The predicted molar refractivity (Wildman–Crippen MR) is 98.7 cm³/mol. The van der Waals surface area contributed by atoms with E-state index in [-0.39, 0.29) is 17.3 Å². The number of hydrogen-bond acceptors (Lipinski definition) is 3. The van der Waals surface area contributed by atoms with Crippen LogP contribution in [0.3, 0.4) is 0 Å². The van der Waals surface area contributed by atoms with Gasteiger partial charge in [0.25, 0.3) is 0 Å². The molecule has 0 radical (unpaired) electrons. The van der Waals surface area contributed by atoms with Gasteiger partial charge < -0.3 is 4.90 Å². The molecule has 2 aromatic carbocycles. The molecule has 1 fully saturated rings. The lowest BCUT2D eigenvalue weighted by Gasteiger charge is -2.32. The Hall–Kier alpha value is -1.92. The van der Waals surface area contributed by atoms with E-state index in [1.807, 2.05) is 24.3 Å². The number of piperidine rings is 1. The summed E-state index contributed by atoms with van der Waals surface area (Å²) in [5.74, 6) is 0.346. The molecule has 2 aromatic rings. The normalized spacial score (nSPS) is 18.7. The topological polar surface area (TPSA) is 57.7 Å². The lowest BCUT2D eigenvalue weighted by Crippen LogP contribution is -2.45. The Morgan fingerprint density at radius 3 is 2.64 bits per heavy atom. The van der Waals surface area contributed by atoms with Gasteiger partial charge in [-0.15, -0.1) is 0 Å². The Bertz CT molecular complexity index is 879. The van der Waals surface area contributed by atoms with Crippen molar-refractivity contribution in [3.8, 4) is 0 Å². The van der Waals surface area contributed by atoms with Gasteiger partial charge in [0.1, 0.15) is 0 Å². The third-order valence-corrected chi connectivity index (χ3v) is 6.60. The molecule has 6 heteroatoms. The summed E-state index contributed by atoms with van der Waals surface area (Å²) in [4.78, 5) is 14.5. The number of carbonyl (C=O) groups is 1. The Kier molecular flexibility index (Phi) is 5.11. The number of hydrogen-bond donors (Lipinski definition) is 0. The quantitative estimate of drug-likeness (QED) is 0.842. The van der Waals surface area contributed by atoms with Crippen molar-refractivity contribution in [3.05, 3.63) is 42.5 Å². The van der Waals surface area contributed by atoms with Crippen molar-refractivity contribution in [1.82, 2.24) is 9.21 Å². The van der Waals surface area contributed by atoms with Crippen LogP contribution in [0.5, 0.6) is 0 Å². The van der Waals surface area contributed by atoms with Crippen LogP contribution in [-0.2, 0) is 14.8 Å². The van der Waals surface area contributed by atoms with E-state index in [1.165, 1.54) is 7.05 Å². The zero-order valence-corrected chi connectivity index (χ0v) is 15.5.